The normalized spacial score (nSPS) is 44.5. The third-order valence-corrected chi connectivity index (χ3v) is 7.26. The average Bonchev–Trinajstić information content (AvgIpc) is 2.72. The van der Waals surface area contributed by atoms with E-state index in [1.807, 2.05) is 13.8 Å². The molecule has 28 heavy (non-hydrogen) atoms. The molecule has 3 aliphatic carbocycles. The molecule has 0 aliphatic heterocycles. The maximum atomic E-state index is 15.1. The van der Waals surface area contributed by atoms with Crippen LogP contribution >= 0.6 is 0 Å². The maximum Gasteiger partial charge on any atom is 0.160 e. The van der Waals surface area contributed by atoms with Gasteiger partial charge in [0.15, 0.2) is 12.3 Å². The van der Waals surface area contributed by atoms with Crippen molar-refractivity contribution >= 4 is 0 Å². The second kappa shape index (κ2) is 11.2. The summed E-state index contributed by atoms with van der Waals surface area (Å²) in [6, 6.07) is 0. The van der Waals surface area contributed by atoms with Crippen LogP contribution in [0.15, 0.2) is 0 Å². The Labute approximate surface area is 169 Å². The topological polar surface area (TPSA) is 18.5 Å². The monoisotopic (exact) mass is 406 g/mol. The van der Waals surface area contributed by atoms with Gasteiger partial charge < -0.3 is 9.47 Å². The number of hydrogen-bond donors (Lipinski definition) is 0. The molecule has 0 aromatic carbocycles. The molecule has 0 amide bonds. The van der Waals surface area contributed by atoms with Crippen molar-refractivity contribution in [2.24, 2.45) is 17.8 Å². The van der Waals surface area contributed by atoms with Crippen LogP contribution in [0, 0.1) is 17.8 Å². The van der Waals surface area contributed by atoms with Crippen LogP contribution in [0.5, 0.6) is 0 Å². The Morgan fingerprint density at radius 1 is 0.786 bits per heavy atom. The zero-order valence-corrected chi connectivity index (χ0v) is 18.3. The summed E-state index contributed by atoms with van der Waals surface area (Å²) in [5, 5.41) is 0. The molecule has 0 aromatic rings. The van der Waals surface area contributed by atoms with Crippen molar-refractivity contribution in [1.82, 2.24) is 0 Å². The van der Waals surface area contributed by atoms with Gasteiger partial charge in [-0.15, -0.1) is 0 Å². The first-order valence-corrected chi connectivity index (χ1v) is 11.5. The molecular weight excluding hydrogens is 365 g/mol. The molecule has 4 unspecified atom stereocenters. The van der Waals surface area contributed by atoms with Crippen molar-refractivity contribution in [3.63, 3.8) is 0 Å². The van der Waals surface area contributed by atoms with Crippen molar-refractivity contribution in [2.45, 2.75) is 115 Å². The van der Waals surface area contributed by atoms with Gasteiger partial charge in [-0.3, -0.25) is 0 Å². The lowest BCUT2D eigenvalue weighted by molar-refractivity contribution is -0.131. The van der Waals surface area contributed by atoms with Crippen molar-refractivity contribution in [3.8, 4) is 0 Å². The van der Waals surface area contributed by atoms with E-state index in [-0.39, 0.29) is 6.61 Å². The van der Waals surface area contributed by atoms with Crippen molar-refractivity contribution in [2.75, 3.05) is 13.7 Å². The zero-order valence-electron chi connectivity index (χ0n) is 18.3. The molecule has 5 heteroatoms. The Hall–Kier alpha value is -0.290. The largest absolute Gasteiger partial charge is 0.378 e. The van der Waals surface area contributed by atoms with Gasteiger partial charge in [0.05, 0.1) is 18.8 Å². The highest BCUT2D eigenvalue weighted by Crippen LogP contribution is 2.44. The number of rotatable bonds is 5. The Kier molecular flexibility index (Phi) is 9.59. The van der Waals surface area contributed by atoms with Gasteiger partial charge in [0, 0.05) is 7.11 Å². The molecule has 0 spiro atoms. The second-order valence-electron chi connectivity index (χ2n) is 9.10. The maximum absolute atomic E-state index is 15.1. The quantitative estimate of drug-likeness (QED) is 0.511. The summed E-state index contributed by atoms with van der Waals surface area (Å²) < 4.78 is 53.8. The summed E-state index contributed by atoms with van der Waals surface area (Å²) in [7, 11) is 1.40. The molecule has 2 nitrogen and oxygen atoms in total. The molecule has 0 saturated heterocycles. The van der Waals surface area contributed by atoms with Gasteiger partial charge in [-0.25, -0.2) is 13.2 Å². The average molecular weight is 407 g/mol. The molecule has 3 saturated carbocycles. The van der Waals surface area contributed by atoms with Gasteiger partial charge in [-0.2, -0.15) is 0 Å². The van der Waals surface area contributed by atoms with Crippen LogP contribution < -0.4 is 0 Å². The summed E-state index contributed by atoms with van der Waals surface area (Å²) in [4.78, 5) is 0. The molecule has 3 aliphatic rings. The zero-order chi connectivity index (χ0) is 20.7. The van der Waals surface area contributed by atoms with Crippen LogP contribution in [0.3, 0.4) is 0 Å². The first-order chi connectivity index (χ1) is 13.4. The number of hydrogen-bond acceptors (Lipinski definition) is 2. The third kappa shape index (κ3) is 6.10. The lowest BCUT2D eigenvalue weighted by atomic mass is 9.69. The van der Waals surface area contributed by atoms with Crippen LogP contribution in [-0.2, 0) is 9.47 Å². The van der Waals surface area contributed by atoms with Gasteiger partial charge in [-0.05, 0) is 69.1 Å². The van der Waals surface area contributed by atoms with Gasteiger partial charge in [0.2, 0.25) is 0 Å². The lowest BCUT2D eigenvalue weighted by Gasteiger charge is -2.41. The molecule has 3 fully saturated rings. The highest BCUT2D eigenvalue weighted by atomic mass is 19.2. The van der Waals surface area contributed by atoms with E-state index < -0.39 is 30.2 Å². The van der Waals surface area contributed by atoms with Crippen LogP contribution in [0.2, 0.25) is 0 Å². The summed E-state index contributed by atoms with van der Waals surface area (Å²) in [6.07, 6.45) is 3.81. The van der Waals surface area contributed by atoms with E-state index >= 15 is 4.39 Å². The summed E-state index contributed by atoms with van der Waals surface area (Å²) in [5.74, 6) is 2.22. The molecule has 0 heterocycles. The van der Waals surface area contributed by atoms with E-state index in [9.17, 15) is 8.78 Å². The predicted molar refractivity (Wildman–Crippen MR) is 108 cm³/mol. The number of halogens is 3. The highest BCUT2D eigenvalue weighted by molar-refractivity contribution is 4.93. The number of methoxy groups -OCH3 is 1. The molecule has 0 bridgehead atoms. The minimum absolute atomic E-state index is 0.100. The van der Waals surface area contributed by atoms with Crippen LogP contribution in [-0.4, -0.2) is 43.9 Å². The predicted octanol–water partition coefficient (Wildman–Crippen LogP) is 6.61. The van der Waals surface area contributed by atoms with E-state index in [2.05, 4.69) is 6.92 Å². The second-order valence-corrected chi connectivity index (χ2v) is 9.10. The fourth-order valence-electron chi connectivity index (χ4n) is 5.27. The van der Waals surface area contributed by atoms with Crippen molar-refractivity contribution < 1.29 is 22.6 Å². The Bertz CT molecular complexity index is 432. The van der Waals surface area contributed by atoms with E-state index in [1.54, 1.807) is 0 Å². The molecule has 0 aromatic heterocycles. The van der Waals surface area contributed by atoms with Gasteiger partial charge in [0.25, 0.3) is 0 Å². The van der Waals surface area contributed by atoms with E-state index in [0.717, 1.165) is 24.7 Å². The lowest BCUT2D eigenvalue weighted by Crippen LogP contribution is -2.48. The minimum Gasteiger partial charge on any atom is -0.378 e. The van der Waals surface area contributed by atoms with Crippen molar-refractivity contribution in [3.05, 3.63) is 0 Å². The number of alkyl halides is 3. The smallest absolute Gasteiger partial charge is 0.160 e. The van der Waals surface area contributed by atoms with Crippen LogP contribution in [0.1, 0.15) is 85.0 Å². The first kappa shape index (κ1) is 24.0. The molecule has 0 N–H and O–H groups in total. The fourth-order valence-corrected chi connectivity index (χ4v) is 5.27. The minimum atomic E-state index is -1.72. The Morgan fingerprint density at radius 2 is 1.29 bits per heavy atom. The highest BCUT2D eigenvalue weighted by Gasteiger charge is 2.44. The SMILES string of the molecule is CC.COC1CCC(OCC2(F)CCC(C3CCC(C)CC3)CC2)C(F)C1F. The molecule has 166 valence electrons. The summed E-state index contributed by atoms with van der Waals surface area (Å²) >= 11 is 0. The Balaban J connectivity index is 0.00000136. The van der Waals surface area contributed by atoms with Crippen molar-refractivity contribution in [1.29, 1.82) is 0 Å². The summed E-state index contributed by atoms with van der Waals surface area (Å²) in [6.45, 7) is 6.22. The van der Waals surface area contributed by atoms with Gasteiger partial charge >= 0.3 is 0 Å². The third-order valence-electron chi connectivity index (χ3n) is 7.26. The molecule has 3 rings (SSSR count). The fraction of sp³-hybridized carbons (Fsp3) is 1.00. The molecular formula is C23H41F3O2. The van der Waals surface area contributed by atoms with E-state index in [4.69, 9.17) is 9.47 Å². The van der Waals surface area contributed by atoms with Gasteiger partial charge in [-0.1, -0.05) is 33.6 Å². The molecule has 0 radical (unpaired) electrons. The van der Waals surface area contributed by atoms with Gasteiger partial charge in [0.1, 0.15) is 5.67 Å². The van der Waals surface area contributed by atoms with E-state index in [0.29, 0.717) is 31.6 Å². The summed E-state index contributed by atoms with van der Waals surface area (Å²) in [5.41, 5.74) is -1.37. The first-order valence-electron chi connectivity index (χ1n) is 11.5. The Morgan fingerprint density at radius 3 is 1.86 bits per heavy atom. The van der Waals surface area contributed by atoms with Crippen LogP contribution in [0.25, 0.3) is 0 Å². The van der Waals surface area contributed by atoms with E-state index in [1.165, 1.54) is 32.8 Å². The van der Waals surface area contributed by atoms with Crippen LogP contribution in [0.4, 0.5) is 13.2 Å². The molecule has 4 atom stereocenters. The standard InChI is InChI=1S/C21H35F3O2.C2H6/c1-14-3-5-15(6-4-14)16-9-11-21(24,12-10-16)13-26-18-8-7-17(25-2)19(22)20(18)23;1-2/h14-20H,3-13H2,1-2H3;1-2H3. The number of ether oxygens (including phenoxy) is 2.